The molecule has 1 atom stereocenters. The topological polar surface area (TPSA) is 95.5 Å². The molecule has 0 heterocycles. The van der Waals surface area contributed by atoms with Crippen LogP contribution in [-0.4, -0.2) is 36.9 Å². The second-order valence-electron chi connectivity index (χ2n) is 4.78. The minimum absolute atomic E-state index is 0.0581. The molecule has 0 rings (SSSR count). The summed E-state index contributed by atoms with van der Waals surface area (Å²) in [6.45, 7) is 9.09. The normalized spacial score (nSPS) is 14.8. The molecule has 0 amide bonds. The van der Waals surface area contributed by atoms with Crippen molar-refractivity contribution < 1.29 is 19.1 Å². The predicted molar refractivity (Wildman–Crippen MR) is 72.7 cm³/mol. The Balaban J connectivity index is 5.10. The number of esters is 1. The summed E-state index contributed by atoms with van der Waals surface area (Å²) in [6.07, 6.45) is 0. The smallest absolute Gasteiger partial charge is 0.315 e. The third-order valence-electron chi connectivity index (χ3n) is 1.98. The first kappa shape index (κ1) is 17.2. The van der Waals surface area contributed by atoms with Gasteiger partial charge in [-0.25, -0.2) is 0 Å². The fourth-order valence-corrected chi connectivity index (χ4v) is 1.22. The second kappa shape index (κ2) is 7.60. The molecule has 0 fully saturated rings. The average molecular weight is 273 g/mol. The molecular weight excluding hydrogens is 250 g/mol. The molecule has 0 saturated heterocycles. The van der Waals surface area contributed by atoms with E-state index in [1.54, 1.807) is 34.6 Å². The summed E-state index contributed by atoms with van der Waals surface area (Å²) in [6, 6.07) is 0. The van der Waals surface area contributed by atoms with Crippen LogP contribution >= 0.6 is 0 Å². The van der Waals surface area contributed by atoms with Crippen LogP contribution in [0, 0.1) is 5.92 Å². The maximum absolute atomic E-state index is 12.0. The van der Waals surface area contributed by atoms with Crippen LogP contribution in [0.2, 0.25) is 0 Å². The molecule has 0 aromatic carbocycles. The molecule has 0 bridgehead atoms. The number of rotatable bonds is 5. The van der Waals surface area contributed by atoms with E-state index >= 15 is 0 Å². The highest BCUT2D eigenvalue weighted by molar-refractivity contribution is 6.42. The van der Waals surface area contributed by atoms with E-state index in [0.717, 1.165) is 0 Å². The van der Waals surface area contributed by atoms with Crippen molar-refractivity contribution in [1.29, 1.82) is 0 Å². The summed E-state index contributed by atoms with van der Waals surface area (Å²) in [7, 11) is 1.36. The van der Waals surface area contributed by atoms with Crippen molar-refractivity contribution in [2.75, 3.05) is 13.7 Å². The maximum atomic E-state index is 12.0. The van der Waals surface area contributed by atoms with Crippen LogP contribution in [0.25, 0.3) is 0 Å². The van der Waals surface area contributed by atoms with E-state index in [2.05, 4.69) is 10.3 Å². The van der Waals surface area contributed by atoms with E-state index in [1.807, 2.05) is 0 Å². The maximum Gasteiger partial charge on any atom is 0.315 e. The molecule has 0 saturated carbocycles. The lowest BCUT2D eigenvalue weighted by molar-refractivity contribution is -0.156. The van der Waals surface area contributed by atoms with Crippen LogP contribution < -0.4 is 5.84 Å². The van der Waals surface area contributed by atoms with Gasteiger partial charge in [-0.05, 0) is 34.6 Å². The fourth-order valence-electron chi connectivity index (χ4n) is 1.22. The number of hydrogen-bond acceptors (Lipinski definition) is 7. The lowest BCUT2D eigenvalue weighted by Crippen LogP contribution is -2.35. The Morgan fingerprint density at radius 2 is 1.95 bits per heavy atom. The van der Waals surface area contributed by atoms with Crippen molar-refractivity contribution in [2.45, 2.75) is 40.2 Å². The van der Waals surface area contributed by atoms with E-state index in [9.17, 15) is 4.79 Å². The largest absolute Gasteiger partial charge is 0.476 e. The summed E-state index contributed by atoms with van der Waals surface area (Å²) < 4.78 is 10.5. The first-order valence-electron chi connectivity index (χ1n) is 6.01. The van der Waals surface area contributed by atoms with E-state index in [0.29, 0.717) is 6.61 Å². The summed E-state index contributed by atoms with van der Waals surface area (Å²) in [5, 5.41) is 7.22. The lowest BCUT2D eigenvalue weighted by atomic mass is 10.1. The van der Waals surface area contributed by atoms with Crippen molar-refractivity contribution in [3.63, 3.8) is 0 Å². The minimum atomic E-state index is -0.701. The molecule has 7 nitrogen and oxygen atoms in total. The van der Waals surface area contributed by atoms with Crippen LogP contribution in [0.5, 0.6) is 0 Å². The monoisotopic (exact) mass is 273 g/mol. The highest BCUT2D eigenvalue weighted by Gasteiger charge is 2.30. The third kappa shape index (κ3) is 6.08. The Kier molecular flexibility index (Phi) is 6.89. The summed E-state index contributed by atoms with van der Waals surface area (Å²) in [4.78, 5) is 16.7. The molecule has 0 aliphatic rings. The molecule has 0 spiro atoms. The minimum Gasteiger partial charge on any atom is -0.476 e. The molecule has 0 aliphatic heterocycles. The number of oxime groups is 1. The first-order chi connectivity index (χ1) is 8.76. The van der Waals surface area contributed by atoms with Gasteiger partial charge in [-0.1, -0.05) is 5.16 Å². The van der Waals surface area contributed by atoms with Crippen LogP contribution in [0.3, 0.4) is 0 Å². The molecule has 0 aliphatic carbocycles. The number of hydrogen-bond donors (Lipinski definition) is 1. The van der Waals surface area contributed by atoms with Gasteiger partial charge in [0, 0.05) is 0 Å². The van der Waals surface area contributed by atoms with Gasteiger partial charge in [-0.2, -0.15) is 0 Å². The molecule has 19 heavy (non-hydrogen) atoms. The average Bonchev–Trinajstić information content (AvgIpc) is 2.30. The van der Waals surface area contributed by atoms with Gasteiger partial charge in [0.15, 0.2) is 5.71 Å². The zero-order valence-corrected chi connectivity index (χ0v) is 12.4. The second-order valence-corrected chi connectivity index (χ2v) is 4.78. The van der Waals surface area contributed by atoms with E-state index < -0.39 is 17.5 Å². The van der Waals surface area contributed by atoms with Crippen molar-refractivity contribution in [2.24, 2.45) is 22.0 Å². The Labute approximate surface area is 113 Å². The van der Waals surface area contributed by atoms with Gasteiger partial charge < -0.3 is 20.2 Å². The van der Waals surface area contributed by atoms with Gasteiger partial charge in [0.05, 0.1) is 6.61 Å². The number of ether oxygens (including phenoxy) is 2. The number of carbonyl (C=O) groups excluding carboxylic acids is 1. The zero-order valence-electron chi connectivity index (χ0n) is 12.4. The van der Waals surface area contributed by atoms with Crippen molar-refractivity contribution in [3.05, 3.63) is 0 Å². The van der Waals surface area contributed by atoms with Crippen molar-refractivity contribution in [3.8, 4) is 0 Å². The highest BCUT2D eigenvalue weighted by Crippen LogP contribution is 2.13. The van der Waals surface area contributed by atoms with Crippen LogP contribution in [-0.2, 0) is 19.1 Å². The summed E-state index contributed by atoms with van der Waals surface area (Å²) >= 11 is 0. The molecule has 2 N–H and O–H groups in total. The van der Waals surface area contributed by atoms with E-state index in [4.69, 9.17) is 20.2 Å². The summed E-state index contributed by atoms with van der Waals surface area (Å²) in [5.74, 6) is 4.13. The Bertz CT molecular complexity index is 358. The molecule has 7 heteroatoms. The van der Waals surface area contributed by atoms with Crippen molar-refractivity contribution >= 4 is 17.6 Å². The molecule has 1 unspecified atom stereocenters. The van der Waals surface area contributed by atoms with Gasteiger partial charge in [0.2, 0.25) is 0 Å². The number of carbonyl (C=O) groups is 1. The number of nitrogens with zero attached hydrogens (tertiary/aromatic N) is 2. The Hall–Kier alpha value is -1.79. The van der Waals surface area contributed by atoms with Crippen molar-refractivity contribution in [1.82, 2.24) is 0 Å². The number of hydrazone groups is 1. The van der Waals surface area contributed by atoms with E-state index in [-0.39, 0.29) is 11.6 Å². The van der Waals surface area contributed by atoms with Crippen LogP contribution in [0.15, 0.2) is 10.3 Å². The van der Waals surface area contributed by atoms with Gasteiger partial charge in [-0.3, -0.25) is 4.79 Å². The fraction of sp³-hybridized carbons (Fsp3) is 0.750. The third-order valence-corrected chi connectivity index (χ3v) is 1.98. The molecular formula is C12H23N3O4. The summed E-state index contributed by atoms with van der Waals surface area (Å²) in [5.41, 5.74) is -0.393. The first-order valence-corrected chi connectivity index (χ1v) is 6.01. The van der Waals surface area contributed by atoms with Crippen LogP contribution in [0.4, 0.5) is 0 Å². The molecule has 0 radical (unpaired) electrons. The molecule has 0 aromatic heterocycles. The van der Waals surface area contributed by atoms with Gasteiger partial charge in [0.25, 0.3) is 5.90 Å². The highest BCUT2D eigenvalue weighted by atomic mass is 16.6. The van der Waals surface area contributed by atoms with Gasteiger partial charge in [-0.15, -0.1) is 5.10 Å². The molecule has 0 aromatic rings. The van der Waals surface area contributed by atoms with Crippen LogP contribution in [0.1, 0.15) is 34.6 Å². The van der Waals surface area contributed by atoms with E-state index in [1.165, 1.54) is 7.11 Å². The standard InChI is InChI=1S/C12H23N3O4/c1-7-18-10(14-13)9(15-17-6)8(2)11(16)19-12(3,4)5/h8H,7,13H2,1-6H3. The Morgan fingerprint density at radius 3 is 2.32 bits per heavy atom. The Morgan fingerprint density at radius 1 is 1.37 bits per heavy atom. The quantitative estimate of drug-likeness (QED) is 0.267. The van der Waals surface area contributed by atoms with Gasteiger partial charge >= 0.3 is 5.97 Å². The SMILES string of the molecule is CCOC(=NN)C(=NOC)C(C)C(=O)OC(C)(C)C. The molecule has 110 valence electrons. The predicted octanol–water partition coefficient (Wildman–Crippen LogP) is 1.28. The zero-order chi connectivity index (χ0) is 15.1. The van der Waals surface area contributed by atoms with Gasteiger partial charge in [0.1, 0.15) is 18.6 Å². The lowest BCUT2D eigenvalue weighted by Gasteiger charge is -2.22. The number of nitrogens with two attached hydrogens (primary N) is 1.